The number of imidazole rings is 1. The number of nitrogens with two attached hydrogens (primary N) is 1. The van der Waals surface area contributed by atoms with Crippen molar-refractivity contribution in [3.05, 3.63) is 18.7 Å². The molecule has 0 aliphatic heterocycles. The molecule has 2 rings (SSSR count). The number of nitrogens with zero attached hydrogens (tertiary/aromatic N) is 2. The highest BCUT2D eigenvalue weighted by Gasteiger charge is 1.98. The summed E-state index contributed by atoms with van der Waals surface area (Å²) in [5.74, 6) is 1.11. The van der Waals surface area contributed by atoms with Crippen molar-refractivity contribution in [1.29, 1.82) is 0 Å². The van der Waals surface area contributed by atoms with Gasteiger partial charge < -0.3 is 10.2 Å². The van der Waals surface area contributed by atoms with Gasteiger partial charge in [-0.25, -0.2) is 4.98 Å². The van der Waals surface area contributed by atoms with E-state index < -0.39 is 0 Å². The molecule has 0 saturated heterocycles. The fraction of sp³-hybridized carbons (Fsp3) is 0. The van der Waals surface area contributed by atoms with Gasteiger partial charge in [0.2, 0.25) is 0 Å². The van der Waals surface area contributed by atoms with Gasteiger partial charge in [0.05, 0.1) is 0 Å². The zero-order valence-corrected chi connectivity index (χ0v) is 4.61. The number of hydrogen-bond acceptors (Lipinski definition) is 3. The third-order valence-electron chi connectivity index (χ3n) is 1.17. The number of rotatable bonds is 0. The third-order valence-corrected chi connectivity index (χ3v) is 1.17. The number of anilines is 1. The Kier molecular flexibility index (Phi) is 0.631. The maximum absolute atomic E-state index is 5.45. The van der Waals surface area contributed by atoms with Gasteiger partial charge in [-0.3, -0.25) is 4.40 Å². The molecule has 46 valence electrons. The predicted octanol–water partition coefficient (Wildman–Crippen LogP) is 0.510. The smallest absolute Gasteiger partial charge is 0.307 e. The van der Waals surface area contributed by atoms with Gasteiger partial charge in [0, 0.05) is 12.4 Å². The van der Waals surface area contributed by atoms with Crippen LogP contribution in [0.4, 0.5) is 5.82 Å². The van der Waals surface area contributed by atoms with Gasteiger partial charge in [-0.1, -0.05) is 0 Å². The summed E-state index contributed by atoms with van der Waals surface area (Å²) in [6.07, 6.45) is 4.84. The summed E-state index contributed by atoms with van der Waals surface area (Å²) in [4.78, 5) is 3.86. The van der Waals surface area contributed by atoms with Crippen LogP contribution in [0.15, 0.2) is 23.1 Å². The Balaban J connectivity index is 2.99. The SMILES string of the molecule is Nc1coc2nccn12. The van der Waals surface area contributed by atoms with Gasteiger partial charge >= 0.3 is 5.84 Å². The summed E-state index contributed by atoms with van der Waals surface area (Å²) in [6, 6.07) is 0. The average Bonchev–Trinajstić information content (AvgIpc) is 2.35. The van der Waals surface area contributed by atoms with Crippen LogP contribution in [0.3, 0.4) is 0 Å². The summed E-state index contributed by atoms with van der Waals surface area (Å²) in [5, 5.41) is 0. The number of aromatic nitrogens is 2. The Labute approximate surface area is 50.9 Å². The standard InChI is InChI=1S/C5H5N3O/c6-4-3-9-5-7-1-2-8(4)5/h1-3H,6H2. The van der Waals surface area contributed by atoms with E-state index in [1.165, 1.54) is 6.26 Å². The Hall–Kier alpha value is -1.45. The lowest BCUT2D eigenvalue weighted by Crippen LogP contribution is -1.87. The van der Waals surface area contributed by atoms with E-state index in [1.807, 2.05) is 0 Å². The molecule has 9 heavy (non-hydrogen) atoms. The van der Waals surface area contributed by atoms with Crippen molar-refractivity contribution in [2.75, 3.05) is 5.73 Å². The van der Waals surface area contributed by atoms with E-state index in [2.05, 4.69) is 4.98 Å². The van der Waals surface area contributed by atoms with Crippen LogP contribution in [0.5, 0.6) is 0 Å². The van der Waals surface area contributed by atoms with Crippen molar-refractivity contribution in [3.63, 3.8) is 0 Å². The minimum Gasteiger partial charge on any atom is -0.429 e. The van der Waals surface area contributed by atoms with E-state index in [0.29, 0.717) is 11.7 Å². The molecule has 0 radical (unpaired) electrons. The average molecular weight is 123 g/mol. The fourth-order valence-electron chi connectivity index (χ4n) is 0.743. The molecular weight excluding hydrogens is 118 g/mol. The van der Waals surface area contributed by atoms with E-state index in [0.717, 1.165) is 0 Å². The van der Waals surface area contributed by atoms with Crippen molar-refractivity contribution >= 4 is 11.7 Å². The van der Waals surface area contributed by atoms with E-state index in [9.17, 15) is 0 Å². The molecule has 0 saturated carbocycles. The second-order valence-electron chi connectivity index (χ2n) is 1.74. The molecule has 0 unspecified atom stereocenters. The molecule has 0 atom stereocenters. The van der Waals surface area contributed by atoms with Crippen LogP contribution >= 0.6 is 0 Å². The number of hydrogen-bond donors (Lipinski definition) is 1. The van der Waals surface area contributed by atoms with Crippen LogP contribution in [0.25, 0.3) is 5.84 Å². The Morgan fingerprint density at radius 1 is 1.67 bits per heavy atom. The second kappa shape index (κ2) is 1.28. The third kappa shape index (κ3) is 0.440. The Morgan fingerprint density at radius 3 is 3.33 bits per heavy atom. The molecule has 4 heteroatoms. The monoisotopic (exact) mass is 123 g/mol. The highest BCUT2D eigenvalue weighted by Crippen LogP contribution is 2.07. The molecule has 0 aromatic carbocycles. The highest BCUT2D eigenvalue weighted by molar-refractivity contribution is 5.37. The van der Waals surface area contributed by atoms with E-state index in [-0.39, 0.29) is 0 Å². The Morgan fingerprint density at radius 2 is 2.56 bits per heavy atom. The largest absolute Gasteiger partial charge is 0.429 e. The van der Waals surface area contributed by atoms with Crippen molar-refractivity contribution in [3.8, 4) is 0 Å². The first kappa shape index (κ1) is 4.43. The second-order valence-corrected chi connectivity index (χ2v) is 1.74. The fourth-order valence-corrected chi connectivity index (χ4v) is 0.743. The molecule has 2 N–H and O–H groups in total. The number of nitrogen functional groups attached to an aromatic ring is 1. The number of fused-ring (bicyclic) bond motifs is 1. The molecule has 0 aliphatic carbocycles. The summed E-state index contributed by atoms with van der Waals surface area (Å²) in [6.45, 7) is 0. The van der Waals surface area contributed by atoms with Crippen LogP contribution < -0.4 is 5.73 Å². The van der Waals surface area contributed by atoms with Gasteiger partial charge in [0.15, 0.2) is 0 Å². The van der Waals surface area contributed by atoms with Gasteiger partial charge in [-0.05, 0) is 0 Å². The van der Waals surface area contributed by atoms with Crippen molar-refractivity contribution in [2.24, 2.45) is 0 Å². The van der Waals surface area contributed by atoms with Gasteiger partial charge in [-0.2, -0.15) is 0 Å². The van der Waals surface area contributed by atoms with E-state index in [1.54, 1.807) is 16.8 Å². The van der Waals surface area contributed by atoms with Crippen molar-refractivity contribution in [1.82, 2.24) is 9.38 Å². The van der Waals surface area contributed by atoms with Gasteiger partial charge in [0.25, 0.3) is 0 Å². The van der Waals surface area contributed by atoms with Crippen LogP contribution in [0.1, 0.15) is 0 Å². The van der Waals surface area contributed by atoms with Crippen LogP contribution in [0, 0.1) is 0 Å². The molecule has 2 aromatic heterocycles. The summed E-state index contributed by atoms with van der Waals surface area (Å²) in [7, 11) is 0. The molecule has 0 spiro atoms. The zero-order chi connectivity index (χ0) is 6.27. The molecule has 2 heterocycles. The first-order valence-corrected chi connectivity index (χ1v) is 2.54. The molecule has 4 nitrogen and oxygen atoms in total. The first-order valence-electron chi connectivity index (χ1n) is 2.54. The molecular formula is C5H5N3O. The lowest BCUT2D eigenvalue weighted by Gasteiger charge is -1.79. The maximum atomic E-state index is 5.45. The quantitative estimate of drug-likeness (QED) is 0.555. The van der Waals surface area contributed by atoms with Crippen molar-refractivity contribution in [2.45, 2.75) is 0 Å². The normalized spacial score (nSPS) is 10.7. The maximum Gasteiger partial charge on any atom is 0.307 e. The molecule has 0 bridgehead atoms. The topological polar surface area (TPSA) is 56.5 Å². The molecule has 0 amide bonds. The van der Waals surface area contributed by atoms with Gasteiger partial charge in [-0.15, -0.1) is 0 Å². The molecule has 0 aliphatic rings. The predicted molar refractivity (Wildman–Crippen MR) is 31.9 cm³/mol. The van der Waals surface area contributed by atoms with Crippen LogP contribution in [0.2, 0.25) is 0 Å². The molecule has 2 aromatic rings. The van der Waals surface area contributed by atoms with Crippen LogP contribution in [-0.2, 0) is 0 Å². The van der Waals surface area contributed by atoms with Crippen molar-refractivity contribution < 1.29 is 4.42 Å². The zero-order valence-electron chi connectivity index (χ0n) is 4.61. The minimum atomic E-state index is 0.535. The first-order chi connectivity index (χ1) is 4.38. The van der Waals surface area contributed by atoms with Crippen LogP contribution in [-0.4, -0.2) is 9.38 Å². The summed E-state index contributed by atoms with van der Waals surface area (Å²) < 4.78 is 6.58. The molecule has 0 fully saturated rings. The lowest BCUT2D eigenvalue weighted by molar-refractivity contribution is 0.596. The Bertz CT molecular complexity index is 321. The van der Waals surface area contributed by atoms with E-state index in [4.69, 9.17) is 10.2 Å². The minimum absolute atomic E-state index is 0.535. The van der Waals surface area contributed by atoms with Gasteiger partial charge in [0.1, 0.15) is 12.1 Å². The van der Waals surface area contributed by atoms with E-state index >= 15 is 0 Å². The highest BCUT2D eigenvalue weighted by atomic mass is 16.3. The summed E-state index contributed by atoms with van der Waals surface area (Å²) >= 11 is 0. The number of oxazole rings is 1. The summed E-state index contributed by atoms with van der Waals surface area (Å²) in [5.41, 5.74) is 5.45. The lowest BCUT2D eigenvalue weighted by atomic mass is 10.8.